The van der Waals surface area contributed by atoms with E-state index in [2.05, 4.69) is 10.4 Å². The number of aryl methyl sites for hydroxylation is 1. The van der Waals surface area contributed by atoms with Gasteiger partial charge in [0.15, 0.2) is 17.3 Å². The normalized spacial score (nSPS) is 12.2. The average Bonchev–Trinajstić information content (AvgIpc) is 3.43. The number of fused-ring (bicyclic) bond motifs is 1. The summed E-state index contributed by atoms with van der Waals surface area (Å²) in [5.41, 5.74) is 0. The molecule has 1 aliphatic rings. The minimum atomic E-state index is -0.271. The molecule has 0 atom stereocenters. The van der Waals surface area contributed by atoms with E-state index in [9.17, 15) is 4.79 Å². The second-order valence-corrected chi connectivity index (χ2v) is 6.54. The summed E-state index contributed by atoms with van der Waals surface area (Å²) in [4.78, 5) is 12.2. The van der Waals surface area contributed by atoms with Gasteiger partial charge in [-0.1, -0.05) is 11.6 Å². The van der Waals surface area contributed by atoms with E-state index in [0.29, 0.717) is 41.1 Å². The first kappa shape index (κ1) is 18.2. The van der Waals surface area contributed by atoms with Gasteiger partial charge >= 0.3 is 0 Å². The molecule has 0 fully saturated rings. The first-order chi connectivity index (χ1) is 13.7. The highest BCUT2D eigenvalue weighted by molar-refractivity contribution is 6.30. The lowest BCUT2D eigenvalue weighted by Crippen LogP contribution is -2.24. The lowest BCUT2D eigenvalue weighted by Gasteiger charge is -2.05. The second kappa shape index (κ2) is 8.26. The molecular formula is C19H18ClN3O5. The number of aromatic nitrogens is 2. The molecule has 1 aromatic carbocycles. The van der Waals surface area contributed by atoms with Crippen molar-refractivity contribution in [2.24, 2.45) is 0 Å². The van der Waals surface area contributed by atoms with Gasteiger partial charge < -0.3 is 23.9 Å². The van der Waals surface area contributed by atoms with Crippen molar-refractivity contribution in [3.63, 3.8) is 0 Å². The molecule has 3 aromatic rings. The molecule has 0 aliphatic carbocycles. The largest absolute Gasteiger partial charge is 0.486 e. The number of halogens is 1. The van der Waals surface area contributed by atoms with Crippen molar-refractivity contribution in [2.75, 3.05) is 13.3 Å². The van der Waals surface area contributed by atoms with E-state index in [1.807, 2.05) is 0 Å². The second-order valence-electron chi connectivity index (χ2n) is 6.10. The van der Waals surface area contributed by atoms with Crippen molar-refractivity contribution >= 4 is 17.5 Å². The van der Waals surface area contributed by atoms with Crippen LogP contribution >= 0.6 is 11.6 Å². The molecular weight excluding hydrogens is 386 g/mol. The summed E-state index contributed by atoms with van der Waals surface area (Å²) in [6.45, 7) is 1.58. The number of carbonyl (C=O) groups is 1. The number of amides is 1. The van der Waals surface area contributed by atoms with Gasteiger partial charge in [0.1, 0.15) is 18.1 Å². The zero-order valence-electron chi connectivity index (χ0n) is 14.9. The van der Waals surface area contributed by atoms with Crippen LogP contribution in [0.1, 0.15) is 22.7 Å². The third kappa shape index (κ3) is 4.40. The summed E-state index contributed by atoms with van der Waals surface area (Å²) in [5, 5.41) is 7.49. The predicted molar refractivity (Wildman–Crippen MR) is 99.8 cm³/mol. The molecule has 8 nitrogen and oxygen atoms in total. The number of nitrogens with zero attached hydrogens (tertiary/aromatic N) is 2. The number of rotatable bonds is 8. The molecule has 4 rings (SSSR count). The van der Waals surface area contributed by atoms with Crippen molar-refractivity contribution in [3.8, 4) is 17.2 Å². The van der Waals surface area contributed by atoms with Gasteiger partial charge in [0.05, 0.1) is 11.2 Å². The Bertz CT molecular complexity index is 968. The summed E-state index contributed by atoms with van der Waals surface area (Å²) in [7, 11) is 0. The van der Waals surface area contributed by atoms with E-state index in [0.717, 1.165) is 6.42 Å². The van der Waals surface area contributed by atoms with E-state index >= 15 is 0 Å². The van der Waals surface area contributed by atoms with Gasteiger partial charge in [-0.2, -0.15) is 5.10 Å². The van der Waals surface area contributed by atoms with Crippen molar-refractivity contribution in [2.45, 2.75) is 19.6 Å². The molecule has 0 saturated carbocycles. The van der Waals surface area contributed by atoms with Crippen LogP contribution in [0.3, 0.4) is 0 Å². The summed E-state index contributed by atoms with van der Waals surface area (Å²) >= 11 is 5.81. The van der Waals surface area contributed by atoms with Crippen LogP contribution in [0, 0.1) is 0 Å². The number of carbonyl (C=O) groups excluding carboxylic acids is 1. The smallest absolute Gasteiger partial charge is 0.286 e. The van der Waals surface area contributed by atoms with Crippen molar-refractivity contribution in [1.29, 1.82) is 0 Å². The summed E-state index contributed by atoms with van der Waals surface area (Å²) in [6, 6.07) is 8.67. The Labute approximate surface area is 165 Å². The molecule has 0 spiro atoms. The summed E-state index contributed by atoms with van der Waals surface area (Å²) < 4.78 is 23.5. The van der Waals surface area contributed by atoms with Crippen LogP contribution in [0.5, 0.6) is 17.2 Å². The van der Waals surface area contributed by atoms with Crippen LogP contribution in [-0.4, -0.2) is 29.0 Å². The van der Waals surface area contributed by atoms with Crippen molar-refractivity contribution < 1.29 is 23.4 Å². The summed E-state index contributed by atoms with van der Waals surface area (Å²) in [5.74, 6) is 2.49. The van der Waals surface area contributed by atoms with E-state index < -0.39 is 0 Å². The molecule has 0 unspecified atom stereocenters. The molecule has 3 heterocycles. The van der Waals surface area contributed by atoms with Gasteiger partial charge in [-0.05, 0) is 30.7 Å². The summed E-state index contributed by atoms with van der Waals surface area (Å²) in [6.07, 6.45) is 4.04. The number of ether oxygens (including phenoxy) is 3. The molecule has 1 aliphatic heterocycles. The molecule has 9 heteroatoms. The van der Waals surface area contributed by atoms with Crippen LogP contribution in [0.4, 0.5) is 0 Å². The van der Waals surface area contributed by atoms with Gasteiger partial charge in [0, 0.05) is 25.4 Å². The van der Waals surface area contributed by atoms with Crippen LogP contribution in [0.25, 0.3) is 0 Å². The lowest BCUT2D eigenvalue weighted by atomic mass is 10.3. The van der Waals surface area contributed by atoms with E-state index in [-0.39, 0.29) is 25.1 Å². The molecule has 2 aromatic heterocycles. The van der Waals surface area contributed by atoms with Gasteiger partial charge in [-0.15, -0.1) is 0 Å². The highest BCUT2D eigenvalue weighted by Gasteiger charge is 2.15. The maximum absolute atomic E-state index is 12.2. The Hall–Kier alpha value is -3.13. The highest BCUT2D eigenvalue weighted by atomic mass is 35.5. The maximum atomic E-state index is 12.2. The Morgan fingerprint density at radius 1 is 1.25 bits per heavy atom. The number of nitrogens with one attached hydrogen (secondary N) is 1. The minimum Gasteiger partial charge on any atom is -0.486 e. The zero-order valence-corrected chi connectivity index (χ0v) is 15.6. The highest BCUT2D eigenvalue weighted by Crippen LogP contribution is 2.35. The van der Waals surface area contributed by atoms with Gasteiger partial charge in [-0.25, -0.2) is 0 Å². The molecule has 1 N–H and O–H groups in total. The molecule has 1 amide bonds. The predicted octanol–water partition coefficient (Wildman–Crippen LogP) is 3.26. The van der Waals surface area contributed by atoms with Crippen molar-refractivity contribution in [1.82, 2.24) is 15.1 Å². The molecule has 28 heavy (non-hydrogen) atoms. The number of furan rings is 1. The van der Waals surface area contributed by atoms with Crippen LogP contribution in [0.15, 0.2) is 47.1 Å². The van der Waals surface area contributed by atoms with E-state index in [1.165, 1.54) is 0 Å². The fraction of sp³-hybridized carbons (Fsp3) is 0.263. The molecule has 0 radical (unpaired) electrons. The van der Waals surface area contributed by atoms with Gasteiger partial charge in [0.25, 0.3) is 5.91 Å². The Morgan fingerprint density at radius 3 is 3.00 bits per heavy atom. The number of hydrogen-bond acceptors (Lipinski definition) is 6. The fourth-order valence-corrected chi connectivity index (χ4v) is 2.85. The van der Waals surface area contributed by atoms with Crippen LogP contribution in [0.2, 0.25) is 5.02 Å². The SMILES string of the molecule is O=C(NCCCn1cc(Cl)cn1)c1ccc(COc2ccc3c(c2)OCO3)o1. The third-order valence-corrected chi connectivity index (χ3v) is 4.26. The third-order valence-electron chi connectivity index (χ3n) is 4.06. The number of hydrogen-bond donors (Lipinski definition) is 1. The monoisotopic (exact) mass is 403 g/mol. The van der Waals surface area contributed by atoms with Crippen molar-refractivity contribution in [3.05, 3.63) is 59.3 Å². The Morgan fingerprint density at radius 2 is 2.14 bits per heavy atom. The quantitative estimate of drug-likeness (QED) is 0.581. The first-order valence-corrected chi connectivity index (χ1v) is 9.12. The van der Waals surface area contributed by atoms with Crippen LogP contribution in [-0.2, 0) is 13.2 Å². The average molecular weight is 404 g/mol. The molecule has 146 valence electrons. The molecule has 0 saturated heterocycles. The Kier molecular flexibility index (Phi) is 5.38. The zero-order chi connectivity index (χ0) is 19.3. The van der Waals surface area contributed by atoms with E-state index in [1.54, 1.807) is 47.4 Å². The van der Waals surface area contributed by atoms with Gasteiger partial charge in [0.2, 0.25) is 6.79 Å². The standard InChI is InChI=1S/C19H18ClN3O5/c20-13-9-22-23(10-13)7-1-6-21-19(24)17-5-3-15(28-17)11-25-14-2-4-16-18(8-14)27-12-26-16/h2-5,8-10H,1,6-7,11-12H2,(H,21,24). The van der Waals surface area contributed by atoms with Crippen LogP contribution < -0.4 is 19.5 Å². The van der Waals surface area contributed by atoms with Gasteiger partial charge in [-0.3, -0.25) is 9.48 Å². The maximum Gasteiger partial charge on any atom is 0.286 e. The minimum absolute atomic E-state index is 0.201. The van der Waals surface area contributed by atoms with E-state index in [4.69, 9.17) is 30.2 Å². The topological polar surface area (TPSA) is 87.8 Å². The first-order valence-electron chi connectivity index (χ1n) is 8.75. The number of benzene rings is 1. The lowest BCUT2D eigenvalue weighted by molar-refractivity contribution is 0.0921. The fourth-order valence-electron chi connectivity index (χ4n) is 2.69. The Balaban J connectivity index is 1.22. The molecule has 0 bridgehead atoms.